The van der Waals surface area contributed by atoms with Crippen LogP contribution in [0.25, 0.3) is 0 Å². The van der Waals surface area contributed by atoms with Gasteiger partial charge in [-0.15, -0.1) is 0 Å². The van der Waals surface area contributed by atoms with Gasteiger partial charge in [-0.3, -0.25) is 9.48 Å². The second kappa shape index (κ2) is 6.48. The van der Waals surface area contributed by atoms with Crippen molar-refractivity contribution in [1.29, 1.82) is 0 Å². The van der Waals surface area contributed by atoms with Gasteiger partial charge in [-0.05, 0) is 19.4 Å². The number of carbonyl (C=O) groups excluding carboxylic acids is 1. The minimum absolute atomic E-state index is 0.112. The van der Waals surface area contributed by atoms with E-state index in [1.165, 1.54) is 0 Å². The Kier molecular flexibility index (Phi) is 4.23. The average Bonchev–Trinajstić information content (AvgIpc) is 3.09. The highest BCUT2D eigenvalue weighted by Gasteiger charge is 2.14. The number of hydrogen-bond donors (Lipinski definition) is 1. The van der Waals surface area contributed by atoms with Gasteiger partial charge in [0, 0.05) is 11.8 Å². The molecule has 6 nitrogen and oxygen atoms in total. The highest BCUT2D eigenvalue weighted by molar-refractivity contribution is 5.92. The van der Waals surface area contributed by atoms with Crippen LogP contribution in [0.4, 0.5) is 5.69 Å². The Morgan fingerprint density at radius 1 is 1.26 bits per heavy atom. The van der Waals surface area contributed by atoms with Crippen molar-refractivity contribution in [3.05, 3.63) is 65.3 Å². The van der Waals surface area contributed by atoms with E-state index in [-0.39, 0.29) is 12.3 Å². The smallest absolute Gasteiger partial charge is 0.229 e. The molecule has 0 bridgehead atoms. The molecule has 118 valence electrons. The Morgan fingerprint density at radius 3 is 2.74 bits per heavy atom. The molecule has 0 aliphatic rings. The summed E-state index contributed by atoms with van der Waals surface area (Å²) in [4.78, 5) is 12.1. The number of nitrogens with one attached hydrogen (secondary N) is 1. The number of nitrogens with zero attached hydrogens (tertiary/aromatic N) is 3. The zero-order valence-corrected chi connectivity index (χ0v) is 13.1. The van der Waals surface area contributed by atoms with E-state index in [0.29, 0.717) is 18.0 Å². The number of anilines is 1. The summed E-state index contributed by atoms with van der Waals surface area (Å²) in [7, 11) is 0. The minimum Gasteiger partial charge on any atom is -0.361 e. The van der Waals surface area contributed by atoms with Gasteiger partial charge in [0.2, 0.25) is 5.91 Å². The fourth-order valence-electron chi connectivity index (χ4n) is 2.41. The third-order valence-electron chi connectivity index (χ3n) is 3.62. The van der Waals surface area contributed by atoms with Crippen LogP contribution in [0.1, 0.15) is 22.6 Å². The first-order chi connectivity index (χ1) is 11.1. The first-order valence-corrected chi connectivity index (χ1v) is 7.40. The summed E-state index contributed by atoms with van der Waals surface area (Å²) >= 11 is 0. The molecule has 1 aromatic carbocycles. The molecule has 3 aromatic rings. The molecule has 0 aliphatic heterocycles. The second-order valence-corrected chi connectivity index (χ2v) is 5.44. The van der Waals surface area contributed by atoms with E-state index in [1.54, 1.807) is 17.8 Å². The highest BCUT2D eigenvalue weighted by Crippen LogP contribution is 2.14. The van der Waals surface area contributed by atoms with Gasteiger partial charge in [-0.25, -0.2) is 0 Å². The summed E-state index contributed by atoms with van der Waals surface area (Å²) < 4.78 is 6.86. The van der Waals surface area contributed by atoms with Gasteiger partial charge in [0.25, 0.3) is 0 Å². The van der Waals surface area contributed by atoms with Gasteiger partial charge in [0.1, 0.15) is 5.76 Å². The first-order valence-electron chi connectivity index (χ1n) is 7.40. The third-order valence-corrected chi connectivity index (χ3v) is 3.62. The molecule has 0 fully saturated rings. The van der Waals surface area contributed by atoms with Crippen molar-refractivity contribution in [2.24, 2.45) is 0 Å². The van der Waals surface area contributed by atoms with E-state index in [4.69, 9.17) is 4.52 Å². The van der Waals surface area contributed by atoms with Crippen LogP contribution < -0.4 is 5.32 Å². The summed E-state index contributed by atoms with van der Waals surface area (Å²) in [5.74, 6) is 0.566. The maximum Gasteiger partial charge on any atom is 0.229 e. The zero-order valence-electron chi connectivity index (χ0n) is 13.1. The predicted molar refractivity (Wildman–Crippen MR) is 86.1 cm³/mol. The SMILES string of the molecule is Cc1noc(C)c1CC(=O)Nc1cnn(Cc2ccccc2)c1. The van der Waals surface area contributed by atoms with Crippen LogP contribution in [0.5, 0.6) is 0 Å². The Morgan fingerprint density at radius 2 is 2.04 bits per heavy atom. The molecule has 23 heavy (non-hydrogen) atoms. The summed E-state index contributed by atoms with van der Waals surface area (Å²) in [5, 5.41) is 11.0. The average molecular weight is 310 g/mol. The van der Waals surface area contributed by atoms with Gasteiger partial charge >= 0.3 is 0 Å². The fraction of sp³-hybridized carbons (Fsp3) is 0.235. The zero-order chi connectivity index (χ0) is 16.2. The molecule has 0 aliphatic carbocycles. The standard InChI is InChI=1S/C17H18N4O2/c1-12-16(13(2)23-20-12)8-17(22)19-15-9-18-21(11-15)10-14-6-4-3-5-7-14/h3-7,9,11H,8,10H2,1-2H3,(H,19,22). The van der Waals surface area contributed by atoms with Crippen molar-refractivity contribution < 1.29 is 9.32 Å². The molecule has 2 aromatic heterocycles. The molecule has 2 heterocycles. The molecule has 6 heteroatoms. The van der Waals surface area contributed by atoms with Crippen molar-refractivity contribution in [2.45, 2.75) is 26.8 Å². The summed E-state index contributed by atoms with van der Waals surface area (Å²) in [5.41, 5.74) is 3.42. The molecular weight excluding hydrogens is 292 g/mol. The summed E-state index contributed by atoms with van der Waals surface area (Å²) in [6.45, 7) is 4.30. The number of amides is 1. The van der Waals surface area contributed by atoms with Crippen molar-refractivity contribution >= 4 is 11.6 Å². The van der Waals surface area contributed by atoms with Crippen LogP contribution in [0.3, 0.4) is 0 Å². The lowest BCUT2D eigenvalue weighted by atomic mass is 10.1. The number of benzene rings is 1. The number of rotatable bonds is 5. The quantitative estimate of drug-likeness (QED) is 0.786. The van der Waals surface area contributed by atoms with E-state index >= 15 is 0 Å². The van der Waals surface area contributed by atoms with Gasteiger partial charge in [0.05, 0.1) is 30.5 Å². The van der Waals surface area contributed by atoms with E-state index in [2.05, 4.69) is 15.6 Å². The summed E-state index contributed by atoms with van der Waals surface area (Å²) in [6.07, 6.45) is 3.71. The van der Waals surface area contributed by atoms with Crippen molar-refractivity contribution in [1.82, 2.24) is 14.9 Å². The Bertz CT molecular complexity index is 786. The van der Waals surface area contributed by atoms with Crippen LogP contribution in [0.2, 0.25) is 0 Å². The van der Waals surface area contributed by atoms with Crippen molar-refractivity contribution in [3.8, 4) is 0 Å². The van der Waals surface area contributed by atoms with Crippen LogP contribution >= 0.6 is 0 Å². The maximum atomic E-state index is 12.1. The van der Waals surface area contributed by atoms with E-state index in [0.717, 1.165) is 16.8 Å². The molecule has 0 saturated carbocycles. The molecular formula is C17H18N4O2. The van der Waals surface area contributed by atoms with Gasteiger partial charge in [-0.2, -0.15) is 5.10 Å². The molecule has 0 spiro atoms. The molecule has 3 rings (SSSR count). The van der Waals surface area contributed by atoms with E-state index < -0.39 is 0 Å². The fourth-order valence-corrected chi connectivity index (χ4v) is 2.41. The Labute approximate surface area is 134 Å². The largest absolute Gasteiger partial charge is 0.361 e. The predicted octanol–water partition coefficient (Wildman–Crippen LogP) is 2.72. The van der Waals surface area contributed by atoms with Gasteiger partial charge in [-0.1, -0.05) is 35.5 Å². The van der Waals surface area contributed by atoms with Crippen LogP contribution in [0, 0.1) is 13.8 Å². The minimum atomic E-state index is -0.112. The van der Waals surface area contributed by atoms with Gasteiger partial charge < -0.3 is 9.84 Å². The van der Waals surface area contributed by atoms with Gasteiger partial charge in [0.15, 0.2) is 0 Å². The number of aryl methyl sites for hydroxylation is 2. The van der Waals surface area contributed by atoms with Crippen LogP contribution in [-0.2, 0) is 17.8 Å². The number of aromatic nitrogens is 3. The lowest BCUT2D eigenvalue weighted by Gasteiger charge is -2.03. The molecule has 0 unspecified atom stereocenters. The van der Waals surface area contributed by atoms with Crippen molar-refractivity contribution in [2.75, 3.05) is 5.32 Å². The maximum absolute atomic E-state index is 12.1. The number of carbonyl (C=O) groups is 1. The van der Waals surface area contributed by atoms with E-state index in [9.17, 15) is 4.79 Å². The monoisotopic (exact) mass is 310 g/mol. The summed E-state index contributed by atoms with van der Waals surface area (Å²) in [6, 6.07) is 10.0. The Hall–Kier alpha value is -2.89. The lowest BCUT2D eigenvalue weighted by Crippen LogP contribution is -2.14. The lowest BCUT2D eigenvalue weighted by molar-refractivity contribution is -0.115. The van der Waals surface area contributed by atoms with E-state index in [1.807, 2.05) is 43.5 Å². The highest BCUT2D eigenvalue weighted by atomic mass is 16.5. The molecule has 0 saturated heterocycles. The molecule has 0 radical (unpaired) electrons. The third kappa shape index (κ3) is 3.66. The molecule has 0 atom stereocenters. The normalized spacial score (nSPS) is 10.7. The Balaban J connectivity index is 1.61. The second-order valence-electron chi connectivity index (χ2n) is 5.44. The molecule has 1 amide bonds. The topological polar surface area (TPSA) is 73.0 Å². The first kappa shape index (κ1) is 15.0. The van der Waals surface area contributed by atoms with Crippen LogP contribution in [-0.4, -0.2) is 20.8 Å². The molecule has 1 N–H and O–H groups in total. The number of hydrogen-bond acceptors (Lipinski definition) is 4. The van der Waals surface area contributed by atoms with Crippen molar-refractivity contribution in [3.63, 3.8) is 0 Å². The van der Waals surface area contributed by atoms with Crippen LogP contribution in [0.15, 0.2) is 47.2 Å².